The van der Waals surface area contributed by atoms with Crippen LogP contribution in [0.25, 0.3) is 0 Å². The largest absolute Gasteiger partial charge is 0.438 e. The highest BCUT2D eigenvalue weighted by Gasteiger charge is 2.12. The molecule has 0 unspecified atom stereocenters. The summed E-state index contributed by atoms with van der Waals surface area (Å²) in [5.41, 5.74) is 0.372. The molecule has 17 heavy (non-hydrogen) atoms. The molecule has 1 amide bonds. The van der Waals surface area contributed by atoms with Crippen LogP contribution in [0.3, 0.4) is 0 Å². The molecule has 0 saturated heterocycles. The second-order valence-electron chi connectivity index (χ2n) is 3.36. The van der Waals surface area contributed by atoms with Crippen LogP contribution >= 0.6 is 11.6 Å². The number of benzene rings is 1. The number of carbonyl (C=O) groups is 1. The Labute approximate surface area is 101 Å². The number of amides is 1. The van der Waals surface area contributed by atoms with Crippen molar-refractivity contribution < 1.29 is 13.6 Å². The fourth-order valence-electron chi connectivity index (χ4n) is 1.22. The molecule has 0 spiro atoms. The topological polar surface area (TPSA) is 55.1 Å². The van der Waals surface area contributed by atoms with E-state index in [4.69, 9.17) is 16.0 Å². The number of aromatic nitrogens is 1. The second-order valence-corrected chi connectivity index (χ2v) is 3.77. The lowest BCUT2D eigenvalue weighted by Gasteiger charge is -2.03. The smallest absolute Gasteiger partial charge is 0.311 e. The third-order valence-corrected chi connectivity index (χ3v) is 2.28. The van der Waals surface area contributed by atoms with Crippen LogP contribution in [0.1, 0.15) is 16.4 Å². The van der Waals surface area contributed by atoms with Crippen molar-refractivity contribution in [2.45, 2.75) is 6.92 Å². The SMILES string of the molecule is Cc1cnc(C(=O)Nc2ccc(F)c(Cl)c2)o1. The van der Waals surface area contributed by atoms with Gasteiger partial charge >= 0.3 is 5.91 Å². The Hall–Kier alpha value is -1.88. The minimum Gasteiger partial charge on any atom is -0.438 e. The van der Waals surface area contributed by atoms with Gasteiger partial charge in [0.2, 0.25) is 0 Å². The van der Waals surface area contributed by atoms with Crippen LogP contribution in [-0.2, 0) is 0 Å². The minimum absolute atomic E-state index is 0.0528. The van der Waals surface area contributed by atoms with Crippen LogP contribution in [0.15, 0.2) is 28.8 Å². The van der Waals surface area contributed by atoms with Crippen LogP contribution in [-0.4, -0.2) is 10.9 Å². The Bertz CT molecular complexity index is 568. The van der Waals surface area contributed by atoms with E-state index in [9.17, 15) is 9.18 Å². The number of nitrogens with one attached hydrogen (secondary N) is 1. The van der Waals surface area contributed by atoms with Gasteiger partial charge in [-0.15, -0.1) is 0 Å². The van der Waals surface area contributed by atoms with Crippen LogP contribution in [0, 0.1) is 12.7 Å². The first kappa shape index (κ1) is 11.6. The summed E-state index contributed by atoms with van der Waals surface area (Å²) in [4.78, 5) is 15.4. The van der Waals surface area contributed by atoms with Crippen molar-refractivity contribution in [3.8, 4) is 0 Å². The standard InChI is InChI=1S/C11H8ClFN2O2/c1-6-5-14-11(17-6)10(16)15-7-2-3-9(13)8(12)4-7/h2-5H,1H3,(H,15,16). The van der Waals surface area contributed by atoms with Crippen LogP contribution < -0.4 is 5.32 Å². The van der Waals surface area contributed by atoms with Crippen molar-refractivity contribution in [2.24, 2.45) is 0 Å². The monoisotopic (exact) mass is 254 g/mol. The van der Waals surface area contributed by atoms with Crippen LogP contribution in [0.2, 0.25) is 5.02 Å². The Morgan fingerprint density at radius 1 is 1.53 bits per heavy atom. The third kappa shape index (κ3) is 2.62. The molecule has 2 aromatic rings. The molecule has 0 aliphatic carbocycles. The molecule has 2 rings (SSSR count). The summed E-state index contributed by atoms with van der Waals surface area (Å²) < 4.78 is 17.9. The summed E-state index contributed by atoms with van der Waals surface area (Å²) in [6, 6.07) is 3.87. The highest BCUT2D eigenvalue weighted by Crippen LogP contribution is 2.19. The van der Waals surface area contributed by atoms with Gasteiger partial charge in [0.15, 0.2) is 0 Å². The molecule has 1 heterocycles. The average Bonchev–Trinajstić information content (AvgIpc) is 2.70. The van der Waals surface area contributed by atoms with Gasteiger partial charge in [-0.1, -0.05) is 11.6 Å². The average molecular weight is 255 g/mol. The molecule has 0 bridgehead atoms. The quantitative estimate of drug-likeness (QED) is 0.896. The zero-order valence-corrected chi connectivity index (χ0v) is 9.58. The van der Waals surface area contributed by atoms with Gasteiger partial charge in [0.25, 0.3) is 5.89 Å². The van der Waals surface area contributed by atoms with Crippen molar-refractivity contribution in [1.29, 1.82) is 0 Å². The summed E-state index contributed by atoms with van der Waals surface area (Å²) in [6.45, 7) is 1.68. The number of rotatable bonds is 2. The molecule has 4 nitrogen and oxygen atoms in total. The molecule has 0 saturated carbocycles. The van der Waals surface area contributed by atoms with E-state index >= 15 is 0 Å². The second kappa shape index (κ2) is 4.55. The Morgan fingerprint density at radius 3 is 2.88 bits per heavy atom. The molecule has 0 fully saturated rings. The zero-order chi connectivity index (χ0) is 12.4. The lowest BCUT2D eigenvalue weighted by Crippen LogP contribution is -2.12. The molecule has 0 aliphatic rings. The van der Waals surface area contributed by atoms with Crippen molar-refractivity contribution in [1.82, 2.24) is 4.98 Å². The first-order chi connectivity index (χ1) is 8.06. The van der Waals surface area contributed by atoms with Gasteiger partial charge in [-0.25, -0.2) is 9.37 Å². The fourth-order valence-corrected chi connectivity index (χ4v) is 1.40. The van der Waals surface area contributed by atoms with Crippen molar-refractivity contribution in [3.05, 3.63) is 46.9 Å². The highest BCUT2D eigenvalue weighted by atomic mass is 35.5. The fraction of sp³-hybridized carbons (Fsp3) is 0.0909. The van der Waals surface area contributed by atoms with Gasteiger partial charge < -0.3 is 9.73 Å². The maximum absolute atomic E-state index is 12.9. The maximum Gasteiger partial charge on any atom is 0.311 e. The molecule has 0 aliphatic heterocycles. The number of nitrogens with zero attached hydrogens (tertiary/aromatic N) is 1. The van der Waals surface area contributed by atoms with E-state index in [1.807, 2.05) is 0 Å². The first-order valence-electron chi connectivity index (χ1n) is 4.75. The van der Waals surface area contributed by atoms with Crippen molar-refractivity contribution in [3.63, 3.8) is 0 Å². The van der Waals surface area contributed by atoms with E-state index in [0.717, 1.165) is 0 Å². The van der Waals surface area contributed by atoms with Crippen molar-refractivity contribution in [2.75, 3.05) is 5.32 Å². The Kier molecular flexibility index (Phi) is 3.10. The molecular weight excluding hydrogens is 247 g/mol. The normalized spacial score (nSPS) is 10.3. The first-order valence-corrected chi connectivity index (χ1v) is 5.13. The van der Waals surface area contributed by atoms with Crippen LogP contribution in [0.4, 0.5) is 10.1 Å². The molecule has 1 N–H and O–H groups in total. The number of carbonyl (C=O) groups excluding carboxylic acids is 1. The summed E-state index contributed by atoms with van der Waals surface area (Å²) in [5.74, 6) is -0.576. The van der Waals surface area contributed by atoms with Crippen molar-refractivity contribution >= 4 is 23.2 Å². The van der Waals surface area contributed by atoms with Crippen LogP contribution in [0.5, 0.6) is 0 Å². The van der Waals surface area contributed by atoms with Gasteiger partial charge in [-0.2, -0.15) is 0 Å². The van der Waals surface area contributed by atoms with E-state index in [1.165, 1.54) is 24.4 Å². The van der Waals surface area contributed by atoms with Gasteiger partial charge in [-0.05, 0) is 25.1 Å². The number of hydrogen-bond acceptors (Lipinski definition) is 3. The molecule has 88 valence electrons. The summed E-state index contributed by atoms with van der Waals surface area (Å²) in [6.07, 6.45) is 1.44. The predicted octanol–water partition coefficient (Wildman–Crippen LogP) is 3.03. The predicted molar refractivity (Wildman–Crippen MR) is 60.6 cm³/mol. The lowest BCUT2D eigenvalue weighted by molar-refractivity contribution is 0.0989. The summed E-state index contributed by atoms with van der Waals surface area (Å²) >= 11 is 5.58. The van der Waals surface area contributed by atoms with E-state index in [2.05, 4.69) is 10.3 Å². The van der Waals surface area contributed by atoms with E-state index < -0.39 is 11.7 Å². The number of anilines is 1. The van der Waals surface area contributed by atoms with Gasteiger partial charge in [-0.3, -0.25) is 4.79 Å². The number of oxazole rings is 1. The van der Waals surface area contributed by atoms with Gasteiger partial charge in [0.05, 0.1) is 11.2 Å². The number of aryl methyl sites for hydroxylation is 1. The molecule has 0 radical (unpaired) electrons. The number of hydrogen-bond donors (Lipinski definition) is 1. The maximum atomic E-state index is 12.9. The third-order valence-electron chi connectivity index (χ3n) is 1.99. The molecular formula is C11H8ClFN2O2. The molecule has 0 atom stereocenters. The Morgan fingerprint density at radius 2 is 2.29 bits per heavy atom. The molecule has 1 aromatic carbocycles. The Balaban J connectivity index is 2.15. The van der Waals surface area contributed by atoms with Gasteiger partial charge in [0.1, 0.15) is 11.6 Å². The zero-order valence-electron chi connectivity index (χ0n) is 8.83. The molecule has 1 aromatic heterocycles. The number of halogens is 2. The van der Waals surface area contributed by atoms with Gasteiger partial charge in [0, 0.05) is 5.69 Å². The van der Waals surface area contributed by atoms with E-state index in [1.54, 1.807) is 6.92 Å². The van der Waals surface area contributed by atoms with E-state index in [0.29, 0.717) is 11.4 Å². The lowest BCUT2D eigenvalue weighted by atomic mass is 10.3. The highest BCUT2D eigenvalue weighted by molar-refractivity contribution is 6.31. The van der Waals surface area contributed by atoms with E-state index in [-0.39, 0.29) is 10.9 Å². The summed E-state index contributed by atoms with van der Waals surface area (Å²) in [7, 11) is 0. The molecule has 6 heteroatoms. The minimum atomic E-state index is -0.545. The summed E-state index contributed by atoms with van der Waals surface area (Å²) in [5, 5.41) is 2.43.